The lowest BCUT2D eigenvalue weighted by Crippen LogP contribution is -2.56. The van der Waals surface area contributed by atoms with Crippen LogP contribution in [0.5, 0.6) is 0 Å². The molecule has 1 aliphatic rings. The second-order valence-electron chi connectivity index (χ2n) is 3.77. The van der Waals surface area contributed by atoms with Gasteiger partial charge in [0.1, 0.15) is 5.60 Å². The van der Waals surface area contributed by atoms with Gasteiger partial charge in [0.25, 0.3) is 0 Å². The molecule has 14 heavy (non-hydrogen) atoms. The zero-order chi connectivity index (χ0) is 10.4. The monoisotopic (exact) mass is 203 g/mol. The Morgan fingerprint density at radius 2 is 1.93 bits per heavy atom. The lowest BCUT2D eigenvalue weighted by Gasteiger charge is -2.41. The van der Waals surface area contributed by atoms with Crippen LogP contribution in [0.2, 0.25) is 0 Å². The molecule has 0 radical (unpaired) electrons. The van der Waals surface area contributed by atoms with Gasteiger partial charge in [-0.25, -0.2) is 0 Å². The topological polar surface area (TPSA) is 30.9 Å². The van der Waals surface area contributed by atoms with Crippen LogP contribution in [0.1, 0.15) is 6.92 Å². The Morgan fingerprint density at radius 3 is 2.43 bits per heavy atom. The van der Waals surface area contributed by atoms with Gasteiger partial charge in [-0.05, 0) is 6.54 Å². The predicted molar refractivity (Wildman–Crippen MR) is 54.5 cm³/mol. The Balaban J connectivity index is 2.55. The van der Waals surface area contributed by atoms with E-state index in [1.165, 1.54) is 0 Å². The zero-order valence-corrected chi connectivity index (χ0v) is 9.41. The minimum Gasteiger partial charge on any atom is -0.382 e. The number of hydrogen-bond acceptors (Lipinski definition) is 4. The molecule has 1 rings (SSSR count). The van der Waals surface area contributed by atoms with Gasteiger partial charge in [-0.15, -0.1) is 0 Å². The summed E-state index contributed by atoms with van der Waals surface area (Å²) in [5.41, 5.74) is -0.266. The SMILES string of the molecule is CCN1CCOC(COC)(COC)C1. The number of rotatable bonds is 5. The molecule has 0 aromatic carbocycles. The summed E-state index contributed by atoms with van der Waals surface area (Å²) in [6.07, 6.45) is 0. The maximum absolute atomic E-state index is 5.79. The van der Waals surface area contributed by atoms with Crippen LogP contribution >= 0.6 is 0 Å². The van der Waals surface area contributed by atoms with E-state index in [0.29, 0.717) is 13.2 Å². The second-order valence-corrected chi connectivity index (χ2v) is 3.77. The molecule has 4 nitrogen and oxygen atoms in total. The summed E-state index contributed by atoms with van der Waals surface area (Å²) in [4.78, 5) is 2.36. The molecule has 0 spiro atoms. The van der Waals surface area contributed by atoms with Crippen LogP contribution in [-0.4, -0.2) is 64.2 Å². The Morgan fingerprint density at radius 1 is 1.29 bits per heavy atom. The lowest BCUT2D eigenvalue weighted by atomic mass is 10.0. The lowest BCUT2D eigenvalue weighted by molar-refractivity contribution is -0.163. The number of nitrogens with zero attached hydrogens (tertiary/aromatic N) is 1. The third kappa shape index (κ3) is 2.92. The summed E-state index contributed by atoms with van der Waals surface area (Å²) in [7, 11) is 3.40. The van der Waals surface area contributed by atoms with Crippen molar-refractivity contribution in [3.8, 4) is 0 Å². The molecule has 0 aliphatic carbocycles. The Kier molecular flexibility index (Phi) is 4.81. The fourth-order valence-electron chi connectivity index (χ4n) is 1.94. The summed E-state index contributed by atoms with van der Waals surface area (Å²) in [6.45, 7) is 7.07. The molecule has 4 heteroatoms. The largest absolute Gasteiger partial charge is 0.382 e. The zero-order valence-electron chi connectivity index (χ0n) is 9.41. The van der Waals surface area contributed by atoms with E-state index < -0.39 is 0 Å². The van der Waals surface area contributed by atoms with E-state index in [0.717, 1.165) is 26.2 Å². The number of ether oxygens (including phenoxy) is 3. The van der Waals surface area contributed by atoms with E-state index in [1.54, 1.807) is 14.2 Å². The van der Waals surface area contributed by atoms with Gasteiger partial charge in [-0.2, -0.15) is 0 Å². The van der Waals surface area contributed by atoms with Crippen LogP contribution in [0.15, 0.2) is 0 Å². The molecule has 0 amide bonds. The molecule has 1 fully saturated rings. The van der Waals surface area contributed by atoms with Crippen LogP contribution in [0.3, 0.4) is 0 Å². The van der Waals surface area contributed by atoms with Crippen LogP contribution < -0.4 is 0 Å². The van der Waals surface area contributed by atoms with Gasteiger partial charge in [-0.3, -0.25) is 4.90 Å². The van der Waals surface area contributed by atoms with E-state index in [9.17, 15) is 0 Å². The minimum absolute atomic E-state index is 0.266. The minimum atomic E-state index is -0.266. The van der Waals surface area contributed by atoms with Crippen molar-refractivity contribution in [2.75, 3.05) is 53.7 Å². The molecule has 0 bridgehead atoms. The van der Waals surface area contributed by atoms with E-state index >= 15 is 0 Å². The Hall–Kier alpha value is -0.160. The van der Waals surface area contributed by atoms with Gasteiger partial charge in [0, 0.05) is 27.3 Å². The van der Waals surface area contributed by atoms with Crippen molar-refractivity contribution in [2.24, 2.45) is 0 Å². The van der Waals surface area contributed by atoms with Gasteiger partial charge >= 0.3 is 0 Å². The molecule has 0 aromatic rings. The third-order valence-electron chi connectivity index (χ3n) is 2.59. The maximum atomic E-state index is 5.79. The summed E-state index contributed by atoms with van der Waals surface area (Å²) in [5.74, 6) is 0. The number of hydrogen-bond donors (Lipinski definition) is 0. The molecule has 84 valence electrons. The summed E-state index contributed by atoms with van der Waals surface area (Å²) in [6, 6.07) is 0. The van der Waals surface area contributed by atoms with E-state index in [1.807, 2.05) is 0 Å². The fourth-order valence-corrected chi connectivity index (χ4v) is 1.94. The van der Waals surface area contributed by atoms with Crippen molar-refractivity contribution >= 4 is 0 Å². The first-order valence-corrected chi connectivity index (χ1v) is 5.10. The Bertz CT molecular complexity index is 152. The summed E-state index contributed by atoms with van der Waals surface area (Å²) >= 11 is 0. The first kappa shape index (κ1) is 11.9. The van der Waals surface area contributed by atoms with Crippen molar-refractivity contribution in [3.63, 3.8) is 0 Å². The quantitative estimate of drug-likeness (QED) is 0.646. The standard InChI is InChI=1S/C10H21NO3/c1-4-11-5-6-14-10(7-11,8-12-2)9-13-3/h4-9H2,1-3H3. The molecule has 0 aromatic heterocycles. The van der Waals surface area contributed by atoms with Gasteiger partial charge in [0.05, 0.1) is 19.8 Å². The highest BCUT2D eigenvalue weighted by Crippen LogP contribution is 2.18. The number of morpholine rings is 1. The van der Waals surface area contributed by atoms with Crippen LogP contribution in [0.4, 0.5) is 0 Å². The highest BCUT2D eigenvalue weighted by molar-refractivity contribution is 4.87. The van der Waals surface area contributed by atoms with E-state index in [4.69, 9.17) is 14.2 Å². The molecule has 0 N–H and O–H groups in total. The Labute approximate surface area is 86.1 Å². The third-order valence-corrected chi connectivity index (χ3v) is 2.59. The summed E-state index contributed by atoms with van der Waals surface area (Å²) < 4.78 is 16.2. The number of methoxy groups -OCH3 is 2. The first-order valence-electron chi connectivity index (χ1n) is 5.10. The fraction of sp³-hybridized carbons (Fsp3) is 1.00. The molecular weight excluding hydrogens is 182 g/mol. The van der Waals surface area contributed by atoms with Crippen LogP contribution in [0, 0.1) is 0 Å². The van der Waals surface area contributed by atoms with Crippen molar-refractivity contribution in [2.45, 2.75) is 12.5 Å². The normalized spacial score (nSPS) is 22.5. The molecule has 0 unspecified atom stereocenters. The first-order chi connectivity index (χ1) is 6.76. The smallest absolute Gasteiger partial charge is 0.127 e. The second kappa shape index (κ2) is 5.66. The van der Waals surface area contributed by atoms with Crippen molar-refractivity contribution in [1.29, 1.82) is 0 Å². The molecule has 1 saturated heterocycles. The number of likely N-dealkylation sites (N-methyl/N-ethyl adjacent to an activating group) is 1. The van der Waals surface area contributed by atoms with Crippen LogP contribution in [-0.2, 0) is 14.2 Å². The van der Waals surface area contributed by atoms with E-state index in [2.05, 4.69) is 11.8 Å². The van der Waals surface area contributed by atoms with Crippen molar-refractivity contribution in [1.82, 2.24) is 4.90 Å². The van der Waals surface area contributed by atoms with E-state index in [-0.39, 0.29) is 5.60 Å². The van der Waals surface area contributed by atoms with Gasteiger partial charge in [0.2, 0.25) is 0 Å². The highest BCUT2D eigenvalue weighted by atomic mass is 16.6. The molecule has 1 heterocycles. The van der Waals surface area contributed by atoms with Gasteiger partial charge in [0.15, 0.2) is 0 Å². The van der Waals surface area contributed by atoms with Gasteiger partial charge < -0.3 is 14.2 Å². The highest BCUT2D eigenvalue weighted by Gasteiger charge is 2.36. The molecule has 0 atom stereocenters. The van der Waals surface area contributed by atoms with Crippen LogP contribution in [0.25, 0.3) is 0 Å². The molecular formula is C10H21NO3. The van der Waals surface area contributed by atoms with Gasteiger partial charge in [-0.1, -0.05) is 6.92 Å². The van der Waals surface area contributed by atoms with Crippen molar-refractivity contribution < 1.29 is 14.2 Å². The molecule has 0 saturated carbocycles. The average molecular weight is 203 g/mol. The van der Waals surface area contributed by atoms with Crippen molar-refractivity contribution in [3.05, 3.63) is 0 Å². The summed E-state index contributed by atoms with van der Waals surface area (Å²) in [5, 5.41) is 0. The molecule has 1 aliphatic heterocycles. The predicted octanol–water partition coefficient (Wildman–Crippen LogP) is 0.370. The average Bonchev–Trinajstić information content (AvgIpc) is 2.19. The maximum Gasteiger partial charge on any atom is 0.127 e.